The van der Waals surface area contributed by atoms with Crippen molar-refractivity contribution in [1.82, 2.24) is 9.61 Å². The summed E-state index contributed by atoms with van der Waals surface area (Å²) in [5.74, 6) is -0.328. The molecule has 0 spiro atoms. The molecule has 2 N–H and O–H groups in total. The molecule has 1 atom stereocenters. The summed E-state index contributed by atoms with van der Waals surface area (Å²) >= 11 is 0. The Morgan fingerprint density at radius 3 is 3.06 bits per heavy atom. The van der Waals surface area contributed by atoms with Crippen molar-refractivity contribution in [3.05, 3.63) is 36.2 Å². The molecular formula is C12H15N3O2. The molecular weight excluding hydrogens is 218 g/mol. The number of rotatable bonds is 3. The average Bonchev–Trinajstić information content (AvgIpc) is 2.72. The molecule has 90 valence electrons. The van der Waals surface area contributed by atoms with Gasteiger partial charge in [-0.05, 0) is 19.1 Å². The van der Waals surface area contributed by atoms with Crippen molar-refractivity contribution in [2.24, 2.45) is 5.73 Å². The summed E-state index contributed by atoms with van der Waals surface area (Å²) < 4.78 is 6.38. The number of esters is 1. The highest BCUT2D eigenvalue weighted by Crippen LogP contribution is 2.25. The van der Waals surface area contributed by atoms with Crippen LogP contribution in [0.25, 0.3) is 5.52 Å². The summed E-state index contributed by atoms with van der Waals surface area (Å²) in [6, 6.07) is 5.72. The molecule has 17 heavy (non-hydrogen) atoms. The van der Waals surface area contributed by atoms with Crippen molar-refractivity contribution in [1.29, 1.82) is 0 Å². The SMILES string of the molecule is COC(=O)CC(C)(N)c1cnn2ccccc12. The fourth-order valence-corrected chi connectivity index (χ4v) is 1.84. The zero-order valence-electron chi connectivity index (χ0n) is 9.88. The van der Waals surface area contributed by atoms with E-state index >= 15 is 0 Å². The molecule has 2 rings (SSSR count). The number of methoxy groups -OCH3 is 1. The lowest BCUT2D eigenvalue weighted by Crippen LogP contribution is -2.35. The molecule has 0 aromatic carbocycles. The second-order valence-corrected chi connectivity index (χ2v) is 4.26. The van der Waals surface area contributed by atoms with Crippen molar-refractivity contribution in [3.8, 4) is 0 Å². The number of carbonyl (C=O) groups excluding carboxylic acids is 1. The van der Waals surface area contributed by atoms with Gasteiger partial charge < -0.3 is 10.5 Å². The Bertz CT molecular complexity index is 545. The number of pyridine rings is 1. The van der Waals surface area contributed by atoms with Crippen LogP contribution in [0.1, 0.15) is 18.9 Å². The van der Waals surface area contributed by atoms with Crippen molar-refractivity contribution in [3.63, 3.8) is 0 Å². The zero-order valence-corrected chi connectivity index (χ0v) is 9.88. The molecule has 0 aliphatic heterocycles. The first kappa shape index (κ1) is 11.6. The Balaban J connectivity index is 2.41. The van der Waals surface area contributed by atoms with Crippen molar-refractivity contribution in [2.75, 3.05) is 7.11 Å². The highest BCUT2D eigenvalue weighted by Gasteiger charge is 2.28. The number of nitrogens with zero attached hydrogens (tertiary/aromatic N) is 2. The third kappa shape index (κ3) is 2.14. The van der Waals surface area contributed by atoms with E-state index < -0.39 is 5.54 Å². The summed E-state index contributed by atoms with van der Waals surface area (Å²) in [5.41, 5.74) is 7.13. The molecule has 0 bridgehead atoms. The van der Waals surface area contributed by atoms with Crippen LogP contribution in [-0.2, 0) is 15.1 Å². The van der Waals surface area contributed by atoms with E-state index in [-0.39, 0.29) is 12.4 Å². The van der Waals surface area contributed by atoms with E-state index in [1.54, 1.807) is 17.6 Å². The van der Waals surface area contributed by atoms with E-state index in [2.05, 4.69) is 9.84 Å². The molecule has 0 saturated carbocycles. The van der Waals surface area contributed by atoms with E-state index in [1.165, 1.54) is 7.11 Å². The Labute approximate surface area is 99.2 Å². The van der Waals surface area contributed by atoms with Gasteiger partial charge in [0.2, 0.25) is 0 Å². The third-order valence-electron chi connectivity index (χ3n) is 2.78. The van der Waals surface area contributed by atoms with Gasteiger partial charge in [-0.25, -0.2) is 4.52 Å². The second kappa shape index (κ2) is 4.18. The lowest BCUT2D eigenvalue weighted by Gasteiger charge is -2.22. The first-order valence-electron chi connectivity index (χ1n) is 5.33. The van der Waals surface area contributed by atoms with Crippen LogP contribution in [0.5, 0.6) is 0 Å². The molecule has 0 amide bonds. The smallest absolute Gasteiger partial charge is 0.307 e. The molecule has 2 aromatic rings. The Morgan fingerprint density at radius 1 is 1.59 bits per heavy atom. The number of hydrogen-bond donors (Lipinski definition) is 1. The highest BCUT2D eigenvalue weighted by atomic mass is 16.5. The number of aromatic nitrogens is 2. The van der Waals surface area contributed by atoms with Gasteiger partial charge in [0.05, 0.1) is 30.8 Å². The minimum atomic E-state index is -0.782. The number of carbonyl (C=O) groups is 1. The number of hydrogen-bond acceptors (Lipinski definition) is 4. The number of ether oxygens (including phenoxy) is 1. The Kier molecular flexibility index (Phi) is 2.85. The van der Waals surface area contributed by atoms with E-state index in [0.29, 0.717) is 0 Å². The Morgan fingerprint density at radius 2 is 2.35 bits per heavy atom. The second-order valence-electron chi connectivity index (χ2n) is 4.26. The van der Waals surface area contributed by atoms with Crippen molar-refractivity contribution in [2.45, 2.75) is 18.9 Å². The topological polar surface area (TPSA) is 69.6 Å². The molecule has 0 fully saturated rings. The summed E-state index contributed by atoms with van der Waals surface area (Å²) in [7, 11) is 1.36. The predicted octanol–water partition coefficient (Wildman–Crippen LogP) is 1.07. The molecule has 5 heteroatoms. The van der Waals surface area contributed by atoms with Gasteiger partial charge in [-0.15, -0.1) is 0 Å². The van der Waals surface area contributed by atoms with E-state index in [1.807, 2.05) is 24.4 Å². The summed E-state index contributed by atoms with van der Waals surface area (Å²) in [5, 5.41) is 4.20. The monoisotopic (exact) mass is 233 g/mol. The average molecular weight is 233 g/mol. The van der Waals surface area contributed by atoms with Gasteiger partial charge in [-0.1, -0.05) is 6.07 Å². The largest absolute Gasteiger partial charge is 0.469 e. The normalized spacial score (nSPS) is 14.5. The van der Waals surface area contributed by atoms with Crippen molar-refractivity contribution >= 4 is 11.5 Å². The van der Waals surface area contributed by atoms with Gasteiger partial charge >= 0.3 is 5.97 Å². The molecule has 0 radical (unpaired) electrons. The van der Waals surface area contributed by atoms with Crippen LogP contribution < -0.4 is 5.73 Å². The molecule has 5 nitrogen and oxygen atoms in total. The molecule has 0 aliphatic rings. The van der Waals surface area contributed by atoms with Crippen LogP contribution in [0.2, 0.25) is 0 Å². The van der Waals surface area contributed by atoms with Gasteiger partial charge in [-0.3, -0.25) is 4.79 Å². The predicted molar refractivity (Wildman–Crippen MR) is 63.4 cm³/mol. The molecule has 1 unspecified atom stereocenters. The van der Waals surface area contributed by atoms with E-state index in [0.717, 1.165) is 11.1 Å². The lowest BCUT2D eigenvalue weighted by atomic mass is 9.91. The fraction of sp³-hybridized carbons (Fsp3) is 0.333. The van der Waals surface area contributed by atoms with Gasteiger partial charge in [0, 0.05) is 11.8 Å². The number of nitrogens with two attached hydrogens (primary N) is 1. The van der Waals surface area contributed by atoms with Gasteiger partial charge in [0.25, 0.3) is 0 Å². The maximum absolute atomic E-state index is 11.3. The quantitative estimate of drug-likeness (QED) is 0.805. The molecule has 2 aromatic heterocycles. The van der Waals surface area contributed by atoms with Gasteiger partial charge in [0.15, 0.2) is 0 Å². The summed E-state index contributed by atoms with van der Waals surface area (Å²) in [6.07, 6.45) is 3.66. The third-order valence-corrected chi connectivity index (χ3v) is 2.78. The first-order chi connectivity index (χ1) is 8.04. The molecule has 0 saturated heterocycles. The Hall–Kier alpha value is -1.88. The summed E-state index contributed by atoms with van der Waals surface area (Å²) in [4.78, 5) is 11.3. The van der Waals surface area contributed by atoms with Gasteiger partial charge in [0.1, 0.15) is 0 Å². The maximum atomic E-state index is 11.3. The standard InChI is InChI=1S/C12H15N3O2/c1-12(13,7-11(16)17-2)9-8-14-15-6-4-3-5-10(9)15/h3-6,8H,7,13H2,1-2H3. The van der Waals surface area contributed by atoms with Crippen LogP contribution in [0, 0.1) is 0 Å². The van der Waals surface area contributed by atoms with Crippen LogP contribution >= 0.6 is 0 Å². The van der Waals surface area contributed by atoms with E-state index in [4.69, 9.17) is 5.73 Å². The maximum Gasteiger partial charge on any atom is 0.307 e. The van der Waals surface area contributed by atoms with Crippen LogP contribution in [0.4, 0.5) is 0 Å². The van der Waals surface area contributed by atoms with Crippen LogP contribution in [0.15, 0.2) is 30.6 Å². The first-order valence-corrected chi connectivity index (χ1v) is 5.33. The lowest BCUT2D eigenvalue weighted by molar-refractivity contribution is -0.141. The van der Waals surface area contributed by atoms with E-state index in [9.17, 15) is 4.79 Å². The van der Waals surface area contributed by atoms with Gasteiger partial charge in [-0.2, -0.15) is 5.10 Å². The minimum absolute atomic E-state index is 0.125. The number of fused-ring (bicyclic) bond motifs is 1. The van der Waals surface area contributed by atoms with Crippen LogP contribution in [0.3, 0.4) is 0 Å². The highest BCUT2D eigenvalue weighted by molar-refractivity contribution is 5.72. The fourth-order valence-electron chi connectivity index (χ4n) is 1.84. The minimum Gasteiger partial charge on any atom is -0.469 e. The zero-order chi connectivity index (χ0) is 12.5. The van der Waals surface area contributed by atoms with Crippen LogP contribution in [-0.4, -0.2) is 22.7 Å². The molecule has 2 heterocycles. The molecule has 0 aliphatic carbocycles. The van der Waals surface area contributed by atoms with Crippen molar-refractivity contribution < 1.29 is 9.53 Å². The summed E-state index contributed by atoms with van der Waals surface area (Å²) in [6.45, 7) is 1.80.